The molecule has 2 unspecified atom stereocenters. The average molecular weight is 284 g/mol. The fourth-order valence-electron chi connectivity index (χ4n) is 3.58. The van der Waals surface area contributed by atoms with Gasteiger partial charge in [0, 0.05) is 25.2 Å². The first-order valence-corrected chi connectivity index (χ1v) is 8.57. The quantitative estimate of drug-likeness (QED) is 0.660. The van der Waals surface area contributed by atoms with Crippen LogP contribution >= 0.6 is 0 Å². The van der Waals surface area contributed by atoms with Crippen LogP contribution in [0.3, 0.4) is 0 Å². The summed E-state index contributed by atoms with van der Waals surface area (Å²) in [5, 5.41) is 0. The third-order valence-electron chi connectivity index (χ3n) is 4.57. The Morgan fingerprint density at radius 1 is 1.35 bits per heavy atom. The summed E-state index contributed by atoms with van der Waals surface area (Å²) in [5.41, 5.74) is 6.43. The second-order valence-corrected chi connectivity index (χ2v) is 7.09. The van der Waals surface area contributed by atoms with E-state index in [-0.39, 0.29) is 5.54 Å². The Bertz CT molecular complexity index is 257. The first kappa shape index (κ1) is 17.9. The highest BCUT2D eigenvalue weighted by Gasteiger charge is 2.38. The number of hydrogen-bond acceptors (Lipinski definition) is 3. The van der Waals surface area contributed by atoms with Crippen LogP contribution in [0.15, 0.2) is 0 Å². The van der Waals surface area contributed by atoms with Crippen molar-refractivity contribution >= 4 is 0 Å². The van der Waals surface area contributed by atoms with E-state index in [0.717, 1.165) is 38.8 Å². The summed E-state index contributed by atoms with van der Waals surface area (Å²) < 4.78 is 5.80. The van der Waals surface area contributed by atoms with Crippen LogP contribution in [-0.4, -0.2) is 43.3 Å². The maximum Gasteiger partial charge on any atom is 0.0593 e. The molecule has 3 nitrogen and oxygen atoms in total. The van der Waals surface area contributed by atoms with E-state index in [4.69, 9.17) is 10.5 Å². The molecule has 3 heteroatoms. The van der Waals surface area contributed by atoms with E-state index in [1.807, 2.05) is 0 Å². The Balaban J connectivity index is 2.56. The smallest absolute Gasteiger partial charge is 0.0593 e. The Labute approximate surface area is 126 Å². The van der Waals surface area contributed by atoms with Crippen LogP contribution < -0.4 is 5.73 Å². The van der Waals surface area contributed by atoms with Crippen molar-refractivity contribution in [2.45, 2.75) is 65.3 Å². The average Bonchev–Trinajstić information content (AvgIpc) is 2.41. The van der Waals surface area contributed by atoms with Crippen molar-refractivity contribution in [3.8, 4) is 0 Å². The first-order chi connectivity index (χ1) is 9.54. The molecular weight excluding hydrogens is 248 g/mol. The van der Waals surface area contributed by atoms with Gasteiger partial charge in [-0.3, -0.25) is 4.90 Å². The van der Waals surface area contributed by atoms with Crippen molar-refractivity contribution in [3.63, 3.8) is 0 Å². The molecular formula is C17H36N2O. The maximum absolute atomic E-state index is 6.20. The molecule has 0 bridgehead atoms. The SMILES string of the molecule is CCCN(CCOCC(C)C)C1(CN)CCCC(C)C1. The third kappa shape index (κ3) is 5.34. The number of ether oxygens (including phenoxy) is 1. The highest BCUT2D eigenvalue weighted by Crippen LogP contribution is 2.36. The van der Waals surface area contributed by atoms with E-state index in [0.29, 0.717) is 5.92 Å². The monoisotopic (exact) mass is 284 g/mol. The van der Waals surface area contributed by atoms with Gasteiger partial charge in [-0.1, -0.05) is 40.5 Å². The van der Waals surface area contributed by atoms with Crippen molar-refractivity contribution in [3.05, 3.63) is 0 Å². The number of nitrogens with two attached hydrogens (primary N) is 1. The molecule has 2 N–H and O–H groups in total. The maximum atomic E-state index is 6.20. The topological polar surface area (TPSA) is 38.5 Å². The van der Waals surface area contributed by atoms with Crippen molar-refractivity contribution in [2.75, 3.05) is 32.8 Å². The van der Waals surface area contributed by atoms with Gasteiger partial charge in [-0.25, -0.2) is 0 Å². The van der Waals surface area contributed by atoms with Crippen LogP contribution in [-0.2, 0) is 4.74 Å². The fraction of sp³-hybridized carbons (Fsp3) is 1.00. The standard InChI is InChI=1S/C17H36N2O/c1-5-9-19(10-11-20-13-15(2)3)17(14-18)8-6-7-16(4)12-17/h15-16H,5-14,18H2,1-4H3. The molecule has 1 aliphatic rings. The number of nitrogens with zero attached hydrogens (tertiary/aromatic N) is 1. The van der Waals surface area contributed by atoms with Crippen molar-refractivity contribution in [1.29, 1.82) is 0 Å². The normalized spacial score (nSPS) is 27.4. The number of hydrogen-bond donors (Lipinski definition) is 1. The second kappa shape index (κ2) is 9.01. The molecule has 1 rings (SSSR count). The van der Waals surface area contributed by atoms with Gasteiger partial charge in [-0.15, -0.1) is 0 Å². The molecule has 0 spiro atoms. The number of rotatable bonds is 9. The molecule has 1 fully saturated rings. The molecule has 2 atom stereocenters. The minimum absolute atomic E-state index is 0.231. The van der Waals surface area contributed by atoms with Crippen LogP contribution in [0.2, 0.25) is 0 Å². The molecule has 120 valence electrons. The Hall–Kier alpha value is -0.120. The minimum Gasteiger partial charge on any atom is -0.380 e. The largest absolute Gasteiger partial charge is 0.380 e. The Morgan fingerprint density at radius 3 is 2.65 bits per heavy atom. The van der Waals surface area contributed by atoms with Gasteiger partial charge in [-0.2, -0.15) is 0 Å². The van der Waals surface area contributed by atoms with Crippen molar-refractivity contribution in [2.24, 2.45) is 17.6 Å². The summed E-state index contributed by atoms with van der Waals surface area (Å²) >= 11 is 0. The fourth-order valence-corrected chi connectivity index (χ4v) is 3.58. The van der Waals surface area contributed by atoms with Gasteiger partial charge in [-0.05, 0) is 37.6 Å². The molecule has 0 aromatic carbocycles. The zero-order valence-electron chi connectivity index (χ0n) is 14.2. The molecule has 1 saturated carbocycles. The first-order valence-electron chi connectivity index (χ1n) is 8.57. The predicted molar refractivity (Wildman–Crippen MR) is 86.9 cm³/mol. The van der Waals surface area contributed by atoms with Gasteiger partial charge in [0.2, 0.25) is 0 Å². The molecule has 0 saturated heterocycles. The van der Waals surface area contributed by atoms with Gasteiger partial charge in [0.05, 0.1) is 6.61 Å². The Morgan fingerprint density at radius 2 is 2.10 bits per heavy atom. The van der Waals surface area contributed by atoms with Crippen molar-refractivity contribution in [1.82, 2.24) is 4.90 Å². The molecule has 20 heavy (non-hydrogen) atoms. The highest BCUT2D eigenvalue weighted by molar-refractivity contribution is 4.95. The highest BCUT2D eigenvalue weighted by atomic mass is 16.5. The summed E-state index contributed by atoms with van der Waals surface area (Å²) in [7, 11) is 0. The van der Waals surface area contributed by atoms with E-state index >= 15 is 0 Å². The zero-order chi connectivity index (χ0) is 15.0. The van der Waals surface area contributed by atoms with Gasteiger partial charge in [0.1, 0.15) is 0 Å². The molecule has 0 aromatic heterocycles. The molecule has 0 heterocycles. The van der Waals surface area contributed by atoms with Crippen LogP contribution in [0.25, 0.3) is 0 Å². The summed E-state index contributed by atoms with van der Waals surface area (Å²) in [4.78, 5) is 2.63. The van der Waals surface area contributed by atoms with Gasteiger partial charge < -0.3 is 10.5 Å². The molecule has 1 aliphatic carbocycles. The van der Waals surface area contributed by atoms with Gasteiger partial charge in [0.15, 0.2) is 0 Å². The van der Waals surface area contributed by atoms with Crippen LogP contribution in [0.4, 0.5) is 0 Å². The summed E-state index contributed by atoms with van der Waals surface area (Å²) in [6.45, 7) is 13.7. The summed E-state index contributed by atoms with van der Waals surface area (Å²) in [6.07, 6.45) is 6.41. The Kier molecular flexibility index (Phi) is 8.08. The summed E-state index contributed by atoms with van der Waals surface area (Å²) in [6, 6.07) is 0. The van der Waals surface area contributed by atoms with Gasteiger partial charge >= 0.3 is 0 Å². The third-order valence-corrected chi connectivity index (χ3v) is 4.57. The molecule has 0 radical (unpaired) electrons. The van der Waals surface area contributed by atoms with Crippen LogP contribution in [0.1, 0.15) is 59.8 Å². The summed E-state index contributed by atoms with van der Waals surface area (Å²) in [5.74, 6) is 1.43. The van der Waals surface area contributed by atoms with Crippen LogP contribution in [0, 0.1) is 11.8 Å². The molecule has 0 aromatic rings. The van der Waals surface area contributed by atoms with E-state index in [9.17, 15) is 0 Å². The van der Waals surface area contributed by atoms with E-state index < -0.39 is 0 Å². The zero-order valence-corrected chi connectivity index (χ0v) is 14.2. The van der Waals surface area contributed by atoms with Crippen LogP contribution in [0.5, 0.6) is 0 Å². The molecule has 0 amide bonds. The molecule has 0 aliphatic heterocycles. The lowest BCUT2D eigenvalue weighted by molar-refractivity contribution is 0.00765. The lowest BCUT2D eigenvalue weighted by Gasteiger charge is -2.48. The minimum atomic E-state index is 0.231. The van der Waals surface area contributed by atoms with E-state index in [1.165, 1.54) is 32.1 Å². The van der Waals surface area contributed by atoms with Crippen molar-refractivity contribution < 1.29 is 4.74 Å². The lowest BCUT2D eigenvalue weighted by atomic mass is 9.75. The van der Waals surface area contributed by atoms with Gasteiger partial charge in [0.25, 0.3) is 0 Å². The van der Waals surface area contributed by atoms with E-state index in [2.05, 4.69) is 32.6 Å². The van der Waals surface area contributed by atoms with E-state index in [1.54, 1.807) is 0 Å². The predicted octanol–water partition coefficient (Wildman–Crippen LogP) is 3.28. The second-order valence-electron chi connectivity index (χ2n) is 7.09. The lowest BCUT2D eigenvalue weighted by Crippen LogP contribution is -2.57.